The Labute approximate surface area is 208 Å². The van der Waals surface area contributed by atoms with Gasteiger partial charge in [-0.05, 0) is 49.9 Å². The first-order valence-corrected chi connectivity index (χ1v) is 12.5. The van der Waals surface area contributed by atoms with Crippen LogP contribution in [0.3, 0.4) is 0 Å². The van der Waals surface area contributed by atoms with Crippen molar-refractivity contribution in [1.29, 1.82) is 0 Å². The first-order chi connectivity index (χ1) is 17.5. The molecule has 7 rings (SSSR count). The summed E-state index contributed by atoms with van der Waals surface area (Å²) in [4.78, 5) is 35.0. The molecule has 36 heavy (non-hydrogen) atoms. The zero-order valence-corrected chi connectivity index (χ0v) is 20.3. The summed E-state index contributed by atoms with van der Waals surface area (Å²) in [5.41, 5.74) is 3.15. The second-order valence-corrected chi connectivity index (χ2v) is 9.96. The zero-order valence-electron chi connectivity index (χ0n) is 20.3. The molecule has 0 amide bonds. The van der Waals surface area contributed by atoms with Gasteiger partial charge in [0.25, 0.3) is 0 Å². The van der Waals surface area contributed by atoms with Gasteiger partial charge in [-0.15, -0.1) is 0 Å². The summed E-state index contributed by atoms with van der Waals surface area (Å²) in [7, 11) is 1.62. The Morgan fingerprint density at radius 2 is 2.03 bits per heavy atom. The smallest absolute Gasteiger partial charge is 0.332 e. The molecule has 5 heterocycles. The number of rotatable bonds is 7. The largest absolute Gasteiger partial charge is 0.497 e. The summed E-state index contributed by atoms with van der Waals surface area (Å²) in [6.07, 6.45) is 5.31. The van der Waals surface area contributed by atoms with Gasteiger partial charge in [0.05, 0.1) is 36.7 Å². The van der Waals surface area contributed by atoms with E-state index in [9.17, 15) is 9.59 Å². The highest BCUT2D eigenvalue weighted by atomic mass is 16.5. The number of anilines is 1. The van der Waals surface area contributed by atoms with Crippen LogP contribution in [0.2, 0.25) is 0 Å². The molecule has 1 saturated carbocycles. The molecule has 2 aromatic heterocycles. The number of fused-ring (bicyclic) bond motifs is 5. The Morgan fingerprint density at radius 1 is 1.17 bits per heavy atom. The number of pyridine rings is 2. The van der Waals surface area contributed by atoms with Crippen LogP contribution in [0.4, 0.5) is 5.69 Å². The lowest BCUT2D eigenvalue weighted by atomic mass is 9.76. The number of H-pyrrole nitrogens is 1. The standard InChI is InChI=1S/C27H30N4O5/c1-34-20-3-4-21-23(13-20)29-17(12-24(21)32)8-11-31(27-9-6-19(7-10-27)35-16-27)15-18-2-5-22-26(30-18)36-25(33)14-28-22/h2-5,12-13,19,28H,6-11,14-16H2,1H3,(H,29,32). The molecule has 1 aliphatic carbocycles. The van der Waals surface area contributed by atoms with Crippen LogP contribution in [0.1, 0.15) is 37.1 Å². The molecular weight excluding hydrogens is 460 g/mol. The minimum atomic E-state index is -0.335. The van der Waals surface area contributed by atoms with Crippen LogP contribution in [0.15, 0.2) is 41.2 Å². The first-order valence-electron chi connectivity index (χ1n) is 12.5. The highest BCUT2D eigenvalue weighted by Gasteiger charge is 2.45. The third-order valence-corrected chi connectivity index (χ3v) is 7.77. The number of hydrogen-bond donors (Lipinski definition) is 2. The number of carbonyl (C=O) groups is 1. The molecule has 2 saturated heterocycles. The number of aromatic nitrogens is 2. The van der Waals surface area contributed by atoms with Crippen molar-refractivity contribution in [3.8, 4) is 11.6 Å². The van der Waals surface area contributed by atoms with E-state index in [1.165, 1.54) is 0 Å². The van der Waals surface area contributed by atoms with Crippen molar-refractivity contribution in [1.82, 2.24) is 14.9 Å². The number of aromatic amines is 1. The van der Waals surface area contributed by atoms with E-state index in [2.05, 4.69) is 20.2 Å². The van der Waals surface area contributed by atoms with E-state index < -0.39 is 0 Å². The monoisotopic (exact) mass is 490 g/mol. The Kier molecular flexibility index (Phi) is 5.89. The molecule has 1 aromatic carbocycles. The van der Waals surface area contributed by atoms with E-state index >= 15 is 0 Å². The highest BCUT2D eigenvalue weighted by molar-refractivity contribution is 5.82. The highest BCUT2D eigenvalue weighted by Crippen LogP contribution is 2.41. The van der Waals surface area contributed by atoms with Gasteiger partial charge in [-0.3, -0.25) is 9.69 Å². The number of nitrogens with one attached hydrogen (secondary N) is 2. The van der Waals surface area contributed by atoms with Crippen molar-refractivity contribution in [2.45, 2.75) is 50.3 Å². The molecule has 9 heteroatoms. The van der Waals surface area contributed by atoms with E-state index in [0.717, 1.165) is 54.8 Å². The number of ether oxygens (including phenoxy) is 3. The quantitative estimate of drug-likeness (QED) is 0.487. The molecule has 4 aliphatic rings. The fourth-order valence-electron chi connectivity index (χ4n) is 5.69. The SMILES string of the molecule is COc1ccc2c(=O)cc(CCN(Cc3ccc4c(n3)OC(=O)CN4)C34CCC(CC3)OC4)[nH]c2c1. The molecule has 0 atom stereocenters. The minimum Gasteiger partial charge on any atom is -0.497 e. The van der Waals surface area contributed by atoms with Gasteiger partial charge in [-0.2, -0.15) is 0 Å². The zero-order chi connectivity index (χ0) is 24.7. The van der Waals surface area contributed by atoms with Crippen LogP contribution in [0, 0.1) is 0 Å². The maximum Gasteiger partial charge on any atom is 0.332 e. The Morgan fingerprint density at radius 3 is 2.81 bits per heavy atom. The third kappa shape index (κ3) is 4.33. The summed E-state index contributed by atoms with van der Waals surface area (Å²) in [5, 5.41) is 3.69. The fraction of sp³-hybridized carbons (Fsp3) is 0.444. The molecule has 0 radical (unpaired) electrons. The van der Waals surface area contributed by atoms with Crippen molar-refractivity contribution in [2.24, 2.45) is 0 Å². The van der Waals surface area contributed by atoms with Crippen LogP contribution >= 0.6 is 0 Å². The predicted molar refractivity (Wildman–Crippen MR) is 135 cm³/mol. The van der Waals surface area contributed by atoms with Crippen molar-refractivity contribution < 1.29 is 19.0 Å². The van der Waals surface area contributed by atoms with Gasteiger partial charge in [0, 0.05) is 48.3 Å². The summed E-state index contributed by atoms with van der Waals surface area (Å²) in [5.74, 6) is 0.705. The number of esters is 1. The molecule has 3 fully saturated rings. The molecule has 9 nitrogen and oxygen atoms in total. The van der Waals surface area contributed by atoms with Crippen LogP contribution < -0.4 is 20.2 Å². The average Bonchev–Trinajstić information content (AvgIpc) is 2.91. The summed E-state index contributed by atoms with van der Waals surface area (Å²) in [6, 6.07) is 11.1. The molecule has 3 aromatic rings. The second-order valence-electron chi connectivity index (χ2n) is 9.96. The number of carbonyl (C=O) groups excluding carboxylic acids is 1. The van der Waals surface area contributed by atoms with Gasteiger partial charge in [-0.1, -0.05) is 0 Å². The van der Waals surface area contributed by atoms with E-state index in [-0.39, 0.29) is 23.5 Å². The van der Waals surface area contributed by atoms with Gasteiger partial charge >= 0.3 is 5.97 Å². The van der Waals surface area contributed by atoms with Gasteiger partial charge in [-0.25, -0.2) is 9.78 Å². The molecule has 0 spiro atoms. The molecule has 2 N–H and O–H groups in total. The summed E-state index contributed by atoms with van der Waals surface area (Å²) >= 11 is 0. The van der Waals surface area contributed by atoms with E-state index in [4.69, 9.17) is 14.2 Å². The lowest BCUT2D eigenvalue weighted by Gasteiger charge is -2.52. The van der Waals surface area contributed by atoms with Gasteiger partial charge in [0.15, 0.2) is 5.43 Å². The molecular formula is C27H30N4O5. The van der Waals surface area contributed by atoms with E-state index in [0.29, 0.717) is 42.7 Å². The first kappa shape index (κ1) is 23.0. The van der Waals surface area contributed by atoms with Crippen molar-refractivity contribution in [3.63, 3.8) is 0 Å². The molecule has 3 aliphatic heterocycles. The predicted octanol–water partition coefficient (Wildman–Crippen LogP) is 3.02. The Balaban J connectivity index is 1.28. The van der Waals surface area contributed by atoms with E-state index in [1.54, 1.807) is 25.3 Å². The minimum absolute atomic E-state index is 0.00158. The number of hydrogen-bond acceptors (Lipinski definition) is 8. The van der Waals surface area contributed by atoms with Crippen LogP contribution in [0.25, 0.3) is 10.9 Å². The van der Waals surface area contributed by atoms with Crippen LogP contribution in [-0.4, -0.2) is 59.3 Å². The Hall–Kier alpha value is -3.43. The average molecular weight is 491 g/mol. The number of benzene rings is 1. The van der Waals surface area contributed by atoms with Crippen LogP contribution in [-0.2, 0) is 22.5 Å². The number of nitrogens with zero attached hydrogens (tertiary/aromatic N) is 2. The normalized spacial score (nSPS) is 22.8. The van der Waals surface area contributed by atoms with Crippen molar-refractivity contribution in [3.05, 3.63) is 58.0 Å². The number of methoxy groups -OCH3 is 1. The maximum atomic E-state index is 12.8. The summed E-state index contributed by atoms with van der Waals surface area (Å²) in [6.45, 7) is 2.18. The Bertz CT molecular complexity index is 1350. The fourth-order valence-corrected chi connectivity index (χ4v) is 5.69. The second kappa shape index (κ2) is 9.22. The maximum absolute atomic E-state index is 12.8. The van der Waals surface area contributed by atoms with Crippen molar-refractivity contribution >= 4 is 22.6 Å². The van der Waals surface area contributed by atoms with E-state index in [1.807, 2.05) is 18.2 Å². The van der Waals surface area contributed by atoms with Crippen LogP contribution in [0.5, 0.6) is 11.6 Å². The lowest BCUT2D eigenvalue weighted by Crippen LogP contribution is -2.59. The van der Waals surface area contributed by atoms with Gasteiger partial charge in [0.2, 0.25) is 5.88 Å². The molecule has 2 bridgehead atoms. The third-order valence-electron chi connectivity index (χ3n) is 7.77. The summed E-state index contributed by atoms with van der Waals surface area (Å²) < 4.78 is 16.8. The molecule has 188 valence electrons. The topological polar surface area (TPSA) is 106 Å². The lowest BCUT2D eigenvalue weighted by molar-refractivity contribution is -0.138. The van der Waals surface area contributed by atoms with Gasteiger partial charge < -0.3 is 24.5 Å². The van der Waals surface area contributed by atoms with Crippen molar-refractivity contribution in [2.75, 3.05) is 32.1 Å². The molecule has 0 unspecified atom stereocenters. The van der Waals surface area contributed by atoms with Gasteiger partial charge in [0.1, 0.15) is 12.3 Å².